The van der Waals surface area contributed by atoms with Crippen LogP contribution in [0.4, 0.5) is 0 Å². The van der Waals surface area contributed by atoms with Gasteiger partial charge in [0.15, 0.2) is 0 Å². The number of nitrogens with one attached hydrogen (secondary N) is 1. The van der Waals surface area contributed by atoms with E-state index in [0.29, 0.717) is 12.3 Å². The first-order valence-electron chi connectivity index (χ1n) is 6.83. The quantitative estimate of drug-likeness (QED) is 0.748. The van der Waals surface area contributed by atoms with Crippen molar-refractivity contribution >= 4 is 39.5 Å². The van der Waals surface area contributed by atoms with Gasteiger partial charge in [0.25, 0.3) is 0 Å². The summed E-state index contributed by atoms with van der Waals surface area (Å²) in [5.74, 6) is 0.173. The molecule has 0 aliphatic carbocycles. The van der Waals surface area contributed by atoms with E-state index in [9.17, 15) is 9.59 Å². The van der Waals surface area contributed by atoms with Gasteiger partial charge in [-0.15, -0.1) is 11.8 Å². The standard InChI is InChI=1S/C15H21BrN2O2S/c1-4-7-17-14(19)9-18(3)15(20)10-21-13-6-5-12(16)8-11(13)2/h5-6,8H,4,7,9-10H2,1-3H3,(H,17,19). The Morgan fingerprint density at radius 1 is 1.38 bits per heavy atom. The predicted molar refractivity (Wildman–Crippen MR) is 90.5 cm³/mol. The molecule has 0 fully saturated rings. The average Bonchev–Trinajstić information content (AvgIpc) is 2.43. The average molecular weight is 373 g/mol. The maximum atomic E-state index is 12.0. The minimum atomic E-state index is -0.113. The second kappa shape index (κ2) is 9.10. The van der Waals surface area contributed by atoms with Crippen molar-refractivity contribution in [3.63, 3.8) is 0 Å². The van der Waals surface area contributed by atoms with Gasteiger partial charge in [0, 0.05) is 23.0 Å². The molecule has 1 rings (SSSR count). The summed E-state index contributed by atoms with van der Waals surface area (Å²) in [5, 5.41) is 2.76. The van der Waals surface area contributed by atoms with Gasteiger partial charge >= 0.3 is 0 Å². The van der Waals surface area contributed by atoms with Crippen molar-refractivity contribution in [2.75, 3.05) is 25.9 Å². The van der Waals surface area contributed by atoms with Crippen molar-refractivity contribution in [3.8, 4) is 0 Å². The molecule has 2 amide bonds. The third-order valence-corrected chi connectivity index (χ3v) is 4.52. The molecular formula is C15H21BrN2O2S. The molecule has 0 aliphatic heterocycles. The number of halogens is 1. The zero-order valence-corrected chi connectivity index (χ0v) is 15.0. The molecule has 1 aromatic rings. The highest BCUT2D eigenvalue weighted by Crippen LogP contribution is 2.25. The van der Waals surface area contributed by atoms with E-state index >= 15 is 0 Å². The lowest BCUT2D eigenvalue weighted by Gasteiger charge is -2.16. The van der Waals surface area contributed by atoms with E-state index in [4.69, 9.17) is 0 Å². The van der Waals surface area contributed by atoms with E-state index in [-0.39, 0.29) is 18.4 Å². The second-order valence-electron chi connectivity index (χ2n) is 4.80. The largest absolute Gasteiger partial charge is 0.355 e. The molecule has 0 saturated carbocycles. The zero-order chi connectivity index (χ0) is 15.8. The molecule has 1 aromatic carbocycles. The van der Waals surface area contributed by atoms with Crippen molar-refractivity contribution in [3.05, 3.63) is 28.2 Å². The summed E-state index contributed by atoms with van der Waals surface area (Å²) < 4.78 is 1.03. The van der Waals surface area contributed by atoms with Crippen LogP contribution >= 0.6 is 27.7 Å². The van der Waals surface area contributed by atoms with Gasteiger partial charge in [0.2, 0.25) is 11.8 Å². The number of rotatable bonds is 7. The van der Waals surface area contributed by atoms with Crippen LogP contribution in [-0.4, -0.2) is 42.6 Å². The molecule has 0 spiro atoms. The Morgan fingerprint density at radius 2 is 2.10 bits per heavy atom. The van der Waals surface area contributed by atoms with Crippen LogP contribution in [0.3, 0.4) is 0 Å². The zero-order valence-electron chi connectivity index (χ0n) is 12.6. The minimum absolute atomic E-state index is 0.0473. The van der Waals surface area contributed by atoms with Crippen LogP contribution in [0.1, 0.15) is 18.9 Å². The Hall–Kier alpha value is -1.01. The molecule has 0 aliphatic rings. The molecule has 0 radical (unpaired) electrons. The number of hydrogen-bond donors (Lipinski definition) is 1. The van der Waals surface area contributed by atoms with Crippen molar-refractivity contribution in [1.82, 2.24) is 10.2 Å². The van der Waals surface area contributed by atoms with Crippen LogP contribution in [0, 0.1) is 6.92 Å². The first-order valence-corrected chi connectivity index (χ1v) is 8.61. The van der Waals surface area contributed by atoms with Gasteiger partial charge in [-0.2, -0.15) is 0 Å². The van der Waals surface area contributed by atoms with E-state index < -0.39 is 0 Å². The number of nitrogens with zero attached hydrogens (tertiary/aromatic N) is 1. The van der Waals surface area contributed by atoms with Gasteiger partial charge in [-0.05, 0) is 37.1 Å². The molecule has 21 heavy (non-hydrogen) atoms. The summed E-state index contributed by atoms with van der Waals surface area (Å²) in [4.78, 5) is 26.1. The summed E-state index contributed by atoms with van der Waals surface area (Å²) in [6.45, 7) is 4.76. The summed E-state index contributed by atoms with van der Waals surface area (Å²) in [5.41, 5.74) is 1.13. The van der Waals surface area contributed by atoms with E-state index in [1.807, 2.05) is 32.0 Å². The molecule has 0 atom stereocenters. The van der Waals surface area contributed by atoms with Gasteiger partial charge < -0.3 is 10.2 Å². The Balaban J connectivity index is 2.43. The molecule has 4 nitrogen and oxygen atoms in total. The van der Waals surface area contributed by atoms with Crippen LogP contribution in [0.25, 0.3) is 0 Å². The third-order valence-electron chi connectivity index (χ3n) is 2.87. The van der Waals surface area contributed by atoms with Crippen molar-refractivity contribution < 1.29 is 9.59 Å². The lowest BCUT2D eigenvalue weighted by Crippen LogP contribution is -2.39. The Bertz CT molecular complexity index is 508. The highest BCUT2D eigenvalue weighted by Gasteiger charge is 2.13. The molecule has 0 saturated heterocycles. The smallest absolute Gasteiger partial charge is 0.239 e. The number of carbonyl (C=O) groups excluding carboxylic acids is 2. The summed E-state index contributed by atoms with van der Waals surface area (Å²) in [6.07, 6.45) is 0.891. The SMILES string of the molecule is CCCNC(=O)CN(C)C(=O)CSc1ccc(Br)cc1C. The molecule has 6 heteroatoms. The third kappa shape index (κ3) is 6.52. The summed E-state index contributed by atoms with van der Waals surface area (Å²) in [6, 6.07) is 5.97. The predicted octanol–water partition coefficient (Wildman–Crippen LogP) is 2.83. The maximum Gasteiger partial charge on any atom is 0.239 e. The number of benzene rings is 1. The highest BCUT2D eigenvalue weighted by molar-refractivity contribution is 9.10. The first-order chi connectivity index (χ1) is 9.93. The highest BCUT2D eigenvalue weighted by atomic mass is 79.9. The van der Waals surface area contributed by atoms with Crippen LogP contribution in [0.15, 0.2) is 27.6 Å². The van der Waals surface area contributed by atoms with Crippen molar-refractivity contribution in [2.24, 2.45) is 0 Å². The minimum Gasteiger partial charge on any atom is -0.355 e. The molecule has 1 N–H and O–H groups in total. The molecule has 0 aromatic heterocycles. The van der Waals surface area contributed by atoms with Gasteiger partial charge in [-0.1, -0.05) is 22.9 Å². The summed E-state index contributed by atoms with van der Waals surface area (Å²) in [7, 11) is 1.66. The fourth-order valence-corrected chi connectivity index (χ4v) is 3.07. The molecule has 116 valence electrons. The number of hydrogen-bond acceptors (Lipinski definition) is 3. The molecule has 0 heterocycles. The number of amides is 2. The van der Waals surface area contributed by atoms with Crippen LogP contribution < -0.4 is 5.32 Å². The molecule has 0 bridgehead atoms. The maximum absolute atomic E-state index is 12.0. The monoisotopic (exact) mass is 372 g/mol. The van der Waals surface area contributed by atoms with E-state index in [1.54, 1.807) is 7.05 Å². The van der Waals surface area contributed by atoms with Gasteiger partial charge in [0.05, 0.1) is 12.3 Å². The van der Waals surface area contributed by atoms with Crippen molar-refractivity contribution in [1.29, 1.82) is 0 Å². The fraction of sp³-hybridized carbons (Fsp3) is 0.467. The Labute approximate surface area is 138 Å². The second-order valence-corrected chi connectivity index (χ2v) is 6.73. The lowest BCUT2D eigenvalue weighted by molar-refractivity contribution is -0.132. The fourth-order valence-electron chi connectivity index (χ4n) is 1.65. The van der Waals surface area contributed by atoms with Gasteiger partial charge in [-0.25, -0.2) is 0 Å². The van der Waals surface area contributed by atoms with Gasteiger partial charge in [-0.3, -0.25) is 9.59 Å². The number of aryl methyl sites for hydroxylation is 1. The number of carbonyl (C=O) groups is 2. The van der Waals surface area contributed by atoms with Crippen LogP contribution in [-0.2, 0) is 9.59 Å². The Kier molecular flexibility index (Phi) is 7.82. The first kappa shape index (κ1) is 18.0. The van der Waals surface area contributed by atoms with Crippen LogP contribution in [0.5, 0.6) is 0 Å². The lowest BCUT2D eigenvalue weighted by atomic mass is 10.2. The van der Waals surface area contributed by atoms with E-state index in [2.05, 4.69) is 21.2 Å². The number of thioether (sulfide) groups is 1. The van der Waals surface area contributed by atoms with E-state index in [0.717, 1.165) is 21.4 Å². The summed E-state index contributed by atoms with van der Waals surface area (Å²) >= 11 is 4.91. The topological polar surface area (TPSA) is 49.4 Å². The normalized spacial score (nSPS) is 10.3. The van der Waals surface area contributed by atoms with E-state index in [1.165, 1.54) is 16.7 Å². The molecule has 0 unspecified atom stereocenters. The van der Waals surface area contributed by atoms with Crippen molar-refractivity contribution in [2.45, 2.75) is 25.2 Å². The molecular weight excluding hydrogens is 352 g/mol. The van der Waals surface area contributed by atoms with Crippen LogP contribution in [0.2, 0.25) is 0 Å². The Morgan fingerprint density at radius 3 is 2.71 bits per heavy atom. The van der Waals surface area contributed by atoms with Gasteiger partial charge in [0.1, 0.15) is 0 Å². The number of likely N-dealkylation sites (N-methyl/N-ethyl adjacent to an activating group) is 1.